The number of aryl methyl sites for hydroxylation is 1. The number of fused-ring (bicyclic) bond motifs is 1. The van der Waals surface area contributed by atoms with Gasteiger partial charge in [0, 0.05) is 37.4 Å². The average molecular weight is 305 g/mol. The van der Waals surface area contributed by atoms with Crippen LogP contribution in [0.3, 0.4) is 0 Å². The van der Waals surface area contributed by atoms with Crippen molar-refractivity contribution in [2.45, 2.75) is 38.5 Å². The Morgan fingerprint density at radius 2 is 2.33 bits per heavy atom. The molecule has 0 amide bonds. The molecule has 2 aliphatic rings. The molecule has 4 heterocycles. The Bertz CT molecular complexity index is 584. The van der Waals surface area contributed by atoms with Gasteiger partial charge in [0.25, 0.3) is 0 Å². The van der Waals surface area contributed by atoms with Crippen LogP contribution in [0.4, 0.5) is 0 Å². The molecule has 2 fully saturated rings. The Kier molecular flexibility index (Phi) is 3.52. The minimum Gasteiger partial charge on any atom is -0.426 e. The monoisotopic (exact) mass is 305 g/mol. The number of hydrogen-bond acceptors (Lipinski definition) is 6. The van der Waals surface area contributed by atoms with Gasteiger partial charge in [-0.05, 0) is 17.9 Å². The molecule has 0 N–H and O–H groups in total. The quantitative estimate of drug-likeness (QED) is 0.867. The molecule has 0 bridgehead atoms. The second-order valence-corrected chi connectivity index (χ2v) is 7.02. The Balaban J connectivity index is 1.31. The van der Waals surface area contributed by atoms with Gasteiger partial charge in [-0.3, -0.25) is 4.90 Å². The van der Waals surface area contributed by atoms with Crippen molar-refractivity contribution < 1.29 is 9.15 Å². The summed E-state index contributed by atoms with van der Waals surface area (Å²) < 4.78 is 11.6. The molecule has 0 saturated carbocycles. The largest absolute Gasteiger partial charge is 0.426 e. The fraction of sp³-hybridized carbons (Fsp3) is 0.600. The van der Waals surface area contributed by atoms with Gasteiger partial charge in [-0.15, -0.1) is 21.5 Å². The van der Waals surface area contributed by atoms with E-state index in [0.717, 1.165) is 32.5 Å². The van der Waals surface area contributed by atoms with Crippen molar-refractivity contribution in [1.82, 2.24) is 15.1 Å². The van der Waals surface area contributed by atoms with E-state index in [-0.39, 0.29) is 6.10 Å². The summed E-state index contributed by atoms with van der Waals surface area (Å²) in [6, 6.07) is 4.33. The first-order chi connectivity index (χ1) is 10.3. The second kappa shape index (κ2) is 5.51. The van der Waals surface area contributed by atoms with E-state index in [1.165, 1.54) is 4.88 Å². The van der Waals surface area contributed by atoms with E-state index in [1.807, 2.05) is 18.3 Å². The maximum atomic E-state index is 6.18. The zero-order valence-electron chi connectivity index (χ0n) is 12.1. The minimum atomic E-state index is 0.240. The average Bonchev–Trinajstić information content (AvgIpc) is 3.16. The van der Waals surface area contributed by atoms with Crippen molar-refractivity contribution in [3.05, 3.63) is 34.2 Å². The van der Waals surface area contributed by atoms with Crippen LogP contribution >= 0.6 is 11.3 Å². The van der Waals surface area contributed by atoms with Crippen LogP contribution < -0.4 is 0 Å². The van der Waals surface area contributed by atoms with E-state index < -0.39 is 0 Å². The van der Waals surface area contributed by atoms with E-state index in [9.17, 15) is 0 Å². The Morgan fingerprint density at radius 3 is 3.05 bits per heavy atom. The van der Waals surface area contributed by atoms with Crippen LogP contribution in [0, 0.1) is 12.8 Å². The maximum absolute atomic E-state index is 6.18. The van der Waals surface area contributed by atoms with E-state index in [2.05, 4.69) is 32.6 Å². The number of likely N-dealkylation sites (tertiary alicyclic amines) is 1. The summed E-state index contributed by atoms with van der Waals surface area (Å²) in [4.78, 5) is 3.95. The predicted octanol–water partition coefficient (Wildman–Crippen LogP) is 2.27. The summed E-state index contributed by atoms with van der Waals surface area (Å²) in [6.45, 7) is 5.06. The van der Waals surface area contributed by atoms with E-state index in [0.29, 0.717) is 23.8 Å². The highest BCUT2D eigenvalue weighted by Crippen LogP contribution is 2.35. The number of thiophene rings is 1. The fourth-order valence-electron chi connectivity index (χ4n) is 3.45. The molecule has 4 rings (SSSR count). The summed E-state index contributed by atoms with van der Waals surface area (Å²) >= 11 is 1.83. The standard InChI is InChI=1S/C15H19N3O2S/c1-10-16-17-15(19-10)6-12-5-11-7-18(9-14(11)20-12)8-13-3-2-4-21-13/h2-4,11-12,14H,5-9H2,1H3/t11-,12-,14+/m0/s1. The third-order valence-corrected chi connectivity index (χ3v) is 5.18. The lowest BCUT2D eigenvalue weighted by Crippen LogP contribution is -2.25. The van der Waals surface area contributed by atoms with Gasteiger partial charge in [-0.1, -0.05) is 6.07 Å². The van der Waals surface area contributed by atoms with Crippen molar-refractivity contribution in [3.8, 4) is 0 Å². The van der Waals surface area contributed by atoms with Crippen molar-refractivity contribution >= 4 is 11.3 Å². The van der Waals surface area contributed by atoms with Crippen molar-refractivity contribution in [3.63, 3.8) is 0 Å². The lowest BCUT2D eigenvalue weighted by Gasteiger charge is -2.17. The number of ether oxygens (including phenoxy) is 1. The van der Waals surface area contributed by atoms with Gasteiger partial charge in [0.2, 0.25) is 11.8 Å². The summed E-state index contributed by atoms with van der Waals surface area (Å²) in [7, 11) is 0. The van der Waals surface area contributed by atoms with Crippen LogP contribution in [-0.2, 0) is 17.7 Å². The highest BCUT2D eigenvalue weighted by Gasteiger charge is 2.42. The lowest BCUT2D eigenvalue weighted by atomic mass is 10.0. The lowest BCUT2D eigenvalue weighted by molar-refractivity contribution is 0.0350. The molecule has 0 unspecified atom stereocenters. The molecule has 2 aromatic rings. The Hall–Kier alpha value is -1.24. The molecule has 6 heteroatoms. The molecule has 2 aliphatic heterocycles. The van der Waals surface area contributed by atoms with Gasteiger partial charge in [0.15, 0.2) is 0 Å². The van der Waals surface area contributed by atoms with E-state index >= 15 is 0 Å². The number of hydrogen-bond donors (Lipinski definition) is 0. The van der Waals surface area contributed by atoms with Crippen molar-refractivity contribution in [1.29, 1.82) is 0 Å². The Labute approximate surface area is 127 Å². The highest BCUT2D eigenvalue weighted by molar-refractivity contribution is 7.09. The van der Waals surface area contributed by atoms with Crippen LogP contribution in [0.5, 0.6) is 0 Å². The van der Waals surface area contributed by atoms with Gasteiger partial charge < -0.3 is 9.15 Å². The first kappa shape index (κ1) is 13.4. The van der Waals surface area contributed by atoms with Crippen LogP contribution in [-0.4, -0.2) is 40.4 Å². The van der Waals surface area contributed by atoms with Gasteiger partial charge in [0.1, 0.15) is 0 Å². The molecule has 2 saturated heterocycles. The molecule has 5 nitrogen and oxygen atoms in total. The molecule has 0 aromatic carbocycles. The SMILES string of the molecule is Cc1nnc(C[C@@H]2C[C@H]3CN(Cc4cccs4)C[C@H]3O2)o1. The minimum absolute atomic E-state index is 0.240. The normalized spacial score (nSPS) is 29.1. The maximum Gasteiger partial charge on any atom is 0.219 e. The van der Waals surface area contributed by atoms with Crippen LogP contribution in [0.1, 0.15) is 23.1 Å². The first-order valence-corrected chi connectivity index (χ1v) is 8.33. The molecular formula is C15H19N3O2S. The topological polar surface area (TPSA) is 51.4 Å². The molecule has 0 spiro atoms. The summed E-state index contributed by atoms with van der Waals surface area (Å²) in [5.41, 5.74) is 0. The first-order valence-electron chi connectivity index (χ1n) is 7.45. The Morgan fingerprint density at radius 1 is 1.38 bits per heavy atom. The zero-order valence-corrected chi connectivity index (χ0v) is 12.9. The van der Waals surface area contributed by atoms with Crippen LogP contribution in [0.15, 0.2) is 21.9 Å². The predicted molar refractivity (Wildman–Crippen MR) is 79.1 cm³/mol. The third kappa shape index (κ3) is 2.88. The number of aromatic nitrogens is 2. The second-order valence-electron chi connectivity index (χ2n) is 5.98. The van der Waals surface area contributed by atoms with Crippen LogP contribution in [0.2, 0.25) is 0 Å². The van der Waals surface area contributed by atoms with E-state index in [1.54, 1.807) is 0 Å². The summed E-state index contributed by atoms with van der Waals surface area (Å²) in [5, 5.41) is 10.1. The summed E-state index contributed by atoms with van der Waals surface area (Å²) in [6.07, 6.45) is 2.47. The molecule has 0 aliphatic carbocycles. The molecule has 2 aromatic heterocycles. The van der Waals surface area contributed by atoms with Crippen LogP contribution in [0.25, 0.3) is 0 Å². The van der Waals surface area contributed by atoms with Crippen molar-refractivity contribution in [2.24, 2.45) is 5.92 Å². The molecule has 112 valence electrons. The summed E-state index contributed by atoms with van der Waals surface area (Å²) in [5.74, 6) is 1.98. The zero-order chi connectivity index (χ0) is 14.2. The fourth-order valence-corrected chi connectivity index (χ4v) is 4.19. The molecule has 3 atom stereocenters. The van der Waals surface area contributed by atoms with Gasteiger partial charge in [-0.25, -0.2) is 0 Å². The number of nitrogens with zero attached hydrogens (tertiary/aromatic N) is 3. The molecule has 21 heavy (non-hydrogen) atoms. The van der Waals surface area contributed by atoms with E-state index in [4.69, 9.17) is 9.15 Å². The van der Waals surface area contributed by atoms with Crippen molar-refractivity contribution in [2.75, 3.05) is 13.1 Å². The number of rotatable bonds is 4. The smallest absolute Gasteiger partial charge is 0.219 e. The van der Waals surface area contributed by atoms with Gasteiger partial charge >= 0.3 is 0 Å². The molecule has 0 radical (unpaired) electrons. The molecular weight excluding hydrogens is 286 g/mol. The third-order valence-electron chi connectivity index (χ3n) is 4.32. The van der Waals surface area contributed by atoms with Gasteiger partial charge in [-0.2, -0.15) is 0 Å². The van der Waals surface area contributed by atoms with Gasteiger partial charge in [0.05, 0.1) is 18.6 Å². The highest BCUT2D eigenvalue weighted by atomic mass is 32.1.